The van der Waals surface area contributed by atoms with Crippen molar-refractivity contribution >= 4 is 23.6 Å². The fraction of sp³-hybridized carbons (Fsp3) is 0.440. The van der Waals surface area contributed by atoms with Crippen LogP contribution >= 0.6 is 11.8 Å². The summed E-state index contributed by atoms with van der Waals surface area (Å²) in [7, 11) is 1.64. The lowest BCUT2D eigenvalue weighted by Crippen LogP contribution is -2.52. The van der Waals surface area contributed by atoms with Crippen LogP contribution < -0.4 is 10.1 Å². The van der Waals surface area contributed by atoms with Crippen LogP contribution in [0.15, 0.2) is 48.5 Å². The van der Waals surface area contributed by atoms with Gasteiger partial charge in [-0.15, -0.1) is 11.8 Å². The van der Waals surface area contributed by atoms with Crippen LogP contribution in [-0.4, -0.2) is 41.2 Å². The number of benzene rings is 2. The number of nitrogens with zero attached hydrogens (tertiary/aromatic N) is 1. The van der Waals surface area contributed by atoms with Gasteiger partial charge in [0.15, 0.2) is 0 Å². The SMILES string of the molecule is COc1ccc(CSCC(=O)N(Cc2ccccc2C)C(C)C(=O)NC(C)(C)C)cc1. The van der Waals surface area contributed by atoms with E-state index in [-0.39, 0.29) is 17.4 Å². The standard InChI is InChI=1S/C25H34N2O3S/c1-18-9-7-8-10-21(18)15-27(19(2)24(29)26-25(3,4)5)23(28)17-31-16-20-11-13-22(30-6)14-12-20/h7-14,19H,15-17H2,1-6H3,(H,26,29). The van der Waals surface area contributed by atoms with Gasteiger partial charge < -0.3 is 15.0 Å². The maximum Gasteiger partial charge on any atom is 0.242 e. The van der Waals surface area contributed by atoms with Gasteiger partial charge in [0.1, 0.15) is 11.8 Å². The summed E-state index contributed by atoms with van der Waals surface area (Å²) in [6.07, 6.45) is 0. The Kier molecular flexibility index (Phi) is 8.99. The lowest BCUT2D eigenvalue weighted by molar-refractivity contribution is -0.139. The van der Waals surface area contributed by atoms with Crippen molar-refractivity contribution in [2.75, 3.05) is 12.9 Å². The Hall–Kier alpha value is -2.47. The van der Waals surface area contributed by atoms with E-state index in [2.05, 4.69) is 5.32 Å². The van der Waals surface area contributed by atoms with Gasteiger partial charge in [0.05, 0.1) is 12.9 Å². The zero-order valence-electron chi connectivity index (χ0n) is 19.4. The van der Waals surface area contributed by atoms with E-state index in [1.54, 1.807) is 30.7 Å². The number of aryl methyl sites for hydroxylation is 1. The monoisotopic (exact) mass is 442 g/mol. The molecule has 0 fully saturated rings. The van der Waals surface area contributed by atoms with Crippen LogP contribution in [0, 0.1) is 6.92 Å². The number of nitrogens with one attached hydrogen (secondary N) is 1. The van der Waals surface area contributed by atoms with Crippen molar-refractivity contribution in [3.63, 3.8) is 0 Å². The summed E-state index contributed by atoms with van der Waals surface area (Å²) in [5.41, 5.74) is 2.93. The van der Waals surface area contributed by atoms with Crippen LogP contribution in [0.1, 0.15) is 44.4 Å². The Morgan fingerprint density at radius 2 is 1.74 bits per heavy atom. The van der Waals surface area contributed by atoms with Gasteiger partial charge in [-0.3, -0.25) is 9.59 Å². The van der Waals surface area contributed by atoms with Gasteiger partial charge in [0, 0.05) is 17.8 Å². The van der Waals surface area contributed by atoms with Crippen LogP contribution in [0.3, 0.4) is 0 Å². The predicted octanol–water partition coefficient (Wildman–Crippen LogP) is 4.57. The summed E-state index contributed by atoms with van der Waals surface area (Å²) in [4.78, 5) is 27.7. The molecule has 0 aliphatic rings. The third-order valence-electron chi connectivity index (χ3n) is 4.92. The average molecular weight is 443 g/mol. The molecular formula is C25H34N2O3S. The molecule has 0 aliphatic heterocycles. The minimum Gasteiger partial charge on any atom is -0.497 e. The van der Waals surface area contributed by atoms with Crippen molar-refractivity contribution in [1.82, 2.24) is 10.2 Å². The summed E-state index contributed by atoms with van der Waals surface area (Å²) >= 11 is 1.55. The summed E-state index contributed by atoms with van der Waals surface area (Å²) in [5.74, 6) is 1.66. The van der Waals surface area contributed by atoms with Crippen LogP contribution in [0.2, 0.25) is 0 Å². The topological polar surface area (TPSA) is 58.6 Å². The van der Waals surface area contributed by atoms with Crippen molar-refractivity contribution in [1.29, 1.82) is 0 Å². The molecule has 0 spiro atoms. The van der Waals surface area contributed by atoms with Gasteiger partial charge in [-0.05, 0) is 63.4 Å². The van der Waals surface area contributed by atoms with Crippen molar-refractivity contribution in [3.05, 3.63) is 65.2 Å². The molecule has 2 amide bonds. The lowest BCUT2D eigenvalue weighted by Gasteiger charge is -2.31. The maximum absolute atomic E-state index is 13.2. The van der Waals surface area contributed by atoms with Gasteiger partial charge in [-0.25, -0.2) is 0 Å². The van der Waals surface area contributed by atoms with E-state index in [1.165, 1.54) is 0 Å². The molecular weight excluding hydrogens is 408 g/mol. The van der Waals surface area contributed by atoms with Crippen LogP contribution in [0.5, 0.6) is 5.75 Å². The lowest BCUT2D eigenvalue weighted by atomic mass is 10.1. The maximum atomic E-state index is 13.2. The summed E-state index contributed by atoms with van der Waals surface area (Å²) < 4.78 is 5.19. The molecule has 1 atom stereocenters. The second-order valence-corrected chi connectivity index (χ2v) is 9.69. The van der Waals surface area contributed by atoms with Crippen molar-refractivity contribution in [2.24, 2.45) is 0 Å². The third-order valence-corrected chi connectivity index (χ3v) is 5.91. The van der Waals surface area contributed by atoms with E-state index in [1.807, 2.05) is 76.2 Å². The Bertz CT molecular complexity index is 875. The first-order chi connectivity index (χ1) is 14.6. The summed E-state index contributed by atoms with van der Waals surface area (Å²) in [6.45, 7) is 10.1. The molecule has 0 saturated carbocycles. The molecule has 5 nitrogen and oxygen atoms in total. The molecule has 1 N–H and O–H groups in total. The number of hydrogen-bond acceptors (Lipinski definition) is 4. The Balaban J connectivity index is 2.09. The minimum atomic E-state index is -0.562. The molecule has 0 radical (unpaired) electrons. The fourth-order valence-electron chi connectivity index (χ4n) is 3.09. The quantitative estimate of drug-likeness (QED) is 0.618. The Morgan fingerprint density at radius 3 is 2.32 bits per heavy atom. The highest BCUT2D eigenvalue weighted by atomic mass is 32.2. The van der Waals surface area contributed by atoms with Gasteiger partial charge in [-0.2, -0.15) is 0 Å². The van der Waals surface area contributed by atoms with Crippen LogP contribution in [-0.2, 0) is 21.9 Å². The highest BCUT2D eigenvalue weighted by Crippen LogP contribution is 2.19. The number of carbonyl (C=O) groups is 2. The van der Waals surface area contributed by atoms with Gasteiger partial charge in [0.2, 0.25) is 11.8 Å². The molecule has 0 aliphatic carbocycles. The van der Waals surface area contributed by atoms with Crippen molar-refractivity contribution in [3.8, 4) is 5.75 Å². The first kappa shape index (κ1) is 24.8. The number of thioether (sulfide) groups is 1. The highest BCUT2D eigenvalue weighted by Gasteiger charge is 2.28. The number of amides is 2. The highest BCUT2D eigenvalue weighted by molar-refractivity contribution is 7.99. The minimum absolute atomic E-state index is 0.0432. The largest absolute Gasteiger partial charge is 0.497 e. The Labute approximate surface area is 190 Å². The van der Waals surface area contributed by atoms with Crippen molar-refractivity contribution < 1.29 is 14.3 Å². The Morgan fingerprint density at radius 1 is 1.10 bits per heavy atom. The average Bonchev–Trinajstić information content (AvgIpc) is 2.72. The zero-order valence-corrected chi connectivity index (χ0v) is 20.2. The second-order valence-electron chi connectivity index (χ2n) is 8.70. The summed E-state index contributed by atoms with van der Waals surface area (Å²) in [6, 6.07) is 15.2. The molecule has 2 rings (SSSR count). The van der Waals surface area contributed by atoms with E-state index >= 15 is 0 Å². The van der Waals surface area contributed by atoms with Crippen molar-refractivity contribution in [2.45, 2.75) is 58.5 Å². The normalized spacial score (nSPS) is 12.2. The van der Waals surface area contributed by atoms with Crippen LogP contribution in [0.25, 0.3) is 0 Å². The van der Waals surface area contributed by atoms with E-state index in [0.717, 1.165) is 28.2 Å². The molecule has 1 unspecified atom stereocenters. The molecule has 2 aromatic carbocycles. The zero-order chi connectivity index (χ0) is 23.0. The number of carbonyl (C=O) groups excluding carboxylic acids is 2. The predicted molar refractivity (Wildman–Crippen MR) is 128 cm³/mol. The molecule has 31 heavy (non-hydrogen) atoms. The molecule has 0 aromatic heterocycles. The number of methoxy groups -OCH3 is 1. The third kappa shape index (κ3) is 7.94. The number of rotatable bonds is 9. The van der Waals surface area contributed by atoms with Gasteiger partial charge in [-0.1, -0.05) is 36.4 Å². The summed E-state index contributed by atoms with van der Waals surface area (Å²) in [5, 5.41) is 3.00. The molecule has 0 saturated heterocycles. The smallest absolute Gasteiger partial charge is 0.242 e. The molecule has 168 valence electrons. The van der Waals surface area contributed by atoms with Crippen LogP contribution in [0.4, 0.5) is 0 Å². The second kappa shape index (κ2) is 11.2. The fourth-order valence-corrected chi connectivity index (χ4v) is 3.96. The van der Waals surface area contributed by atoms with E-state index in [4.69, 9.17) is 4.74 Å². The molecule has 2 aromatic rings. The molecule has 0 bridgehead atoms. The van der Waals surface area contributed by atoms with Gasteiger partial charge in [0.25, 0.3) is 0 Å². The molecule has 0 heterocycles. The van der Waals surface area contributed by atoms with E-state index in [9.17, 15) is 9.59 Å². The number of ether oxygens (including phenoxy) is 1. The first-order valence-electron chi connectivity index (χ1n) is 10.5. The number of hydrogen-bond donors (Lipinski definition) is 1. The van der Waals surface area contributed by atoms with Gasteiger partial charge >= 0.3 is 0 Å². The van der Waals surface area contributed by atoms with E-state index < -0.39 is 6.04 Å². The molecule has 6 heteroatoms. The van der Waals surface area contributed by atoms with E-state index in [0.29, 0.717) is 12.3 Å². The first-order valence-corrected chi connectivity index (χ1v) is 11.6.